The van der Waals surface area contributed by atoms with Gasteiger partial charge in [-0.05, 0) is 18.6 Å². The molecule has 1 aromatic heterocycles. The van der Waals surface area contributed by atoms with E-state index in [1.54, 1.807) is 6.20 Å². The summed E-state index contributed by atoms with van der Waals surface area (Å²) in [6.07, 6.45) is 6.90. The van der Waals surface area contributed by atoms with Crippen LogP contribution in [0.1, 0.15) is 31.9 Å². The fraction of sp³-hybridized carbons (Fsp3) is 0.333. The fourth-order valence-corrected chi connectivity index (χ4v) is 1.18. The predicted molar refractivity (Wildman–Crippen MR) is 57.4 cm³/mol. The van der Waals surface area contributed by atoms with E-state index in [9.17, 15) is 0 Å². The molecule has 1 rings (SSSR count). The molecule has 1 heterocycles. The number of allylic oxidation sites excluding steroid dienone is 2. The summed E-state index contributed by atoms with van der Waals surface area (Å²) >= 11 is 0. The quantitative estimate of drug-likeness (QED) is 0.535. The first-order chi connectivity index (χ1) is 6.88. The summed E-state index contributed by atoms with van der Waals surface area (Å²) in [4.78, 5) is 4.14. The van der Waals surface area contributed by atoms with Crippen LogP contribution in [0.15, 0.2) is 30.5 Å². The van der Waals surface area contributed by atoms with Crippen molar-refractivity contribution < 1.29 is 0 Å². The molecule has 2 heteroatoms. The monoisotopic (exact) mass is 186 g/mol. The number of hydrogen-bond donors (Lipinski definition) is 0. The van der Waals surface area contributed by atoms with Gasteiger partial charge in [0, 0.05) is 6.20 Å². The molecule has 0 bridgehead atoms. The van der Waals surface area contributed by atoms with Crippen LogP contribution in [0.5, 0.6) is 0 Å². The van der Waals surface area contributed by atoms with Gasteiger partial charge >= 0.3 is 0 Å². The van der Waals surface area contributed by atoms with Crippen LogP contribution in [0.3, 0.4) is 0 Å². The van der Waals surface area contributed by atoms with Gasteiger partial charge < -0.3 is 0 Å². The van der Waals surface area contributed by atoms with E-state index in [2.05, 4.69) is 18.0 Å². The predicted octanol–water partition coefficient (Wildman–Crippen LogP) is 3.18. The Labute approximate surface area is 84.9 Å². The highest BCUT2D eigenvalue weighted by Gasteiger charge is 1.99. The van der Waals surface area contributed by atoms with Gasteiger partial charge in [-0.3, -0.25) is 4.98 Å². The Bertz CT molecular complexity index is 333. The summed E-state index contributed by atoms with van der Waals surface area (Å²) in [5.74, 6) is 0. The number of pyridine rings is 1. The molecule has 0 fully saturated rings. The maximum Gasteiger partial charge on any atom is 0.101 e. The maximum atomic E-state index is 8.92. The minimum atomic E-state index is 0.680. The SMILES string of the molecule is CCCC/C=C(\C#N)c1ccccn1. The number of rotatable bonds is 4. The molecule has 2 nitrogen and oxygen atoms in total. The van der Waals surface area contributed by atoms with Crippen molar-refractivity contribution in [2.75, 3.05) is 0 Å². The number of hydrogen-bond acceptors (Lipinski definition) is 2. The lowest BCUT2D eigenvalue weighted by Gasteiger charge is -1.96. The standard InChI is InChI=1S/C12H14N2/c1-2-3-4-7-11(10-13)12-8-5-6-9-14-12/h5-9H,2-4H2,1H3/b11-7+. The fourth-order valence-electron chi connectivity index (χ4n) is 1.18. The van der Waals surface area contributed by atoms with Gasteiger partial charge in [-0.15, -0.1) is 0 Å². The van der Waals surface area contributed by atoms with Gasteiger partial charge in [0.25, 0.3) is 0 Å². The third-order valence-corrected chi connectivity index (χ3v) is 1.97. The molecule has 0 aliphatic carbocycles. The Morgan fingerprint density at radius 2 is 2.43 bits per heavy atom. The molecule has 1 aromatic rings. The molecule has 0 spiro atoms. The molecule has 72 valence electrons. The van der Waals surface area contributed by atoms with Crippen LogP contribution >= 0.6 is 0 Å². The second-order valence-corrected chi connectivity index (χ2v) is 3.09. The molecule has 0 N–H and O–H groups in total. The molecule has 0 unspecified atom stereocenters. The molecule has 0 aliphatic heterocycles. The topological polar surface area (TPSA) is 36.7 Å². The van der Waals surface area contributed by atoms with Crippen LogP contribution in [0, 0.1) is 11.3 Å². The van der Waals surface area contributed by atoms with Crippen LogP contribution in [0.2, 0.25) is 0 Å². The number of nitrogens with zero attached hydrogens (tertiary/aromatic N) is 2. The highest BCUT2D eigenvalue weighted by Crippen LogP contribution is 2.11. The van der Waals surface area contributed by atoms with Gasteiger partial charge in [-0.25, -0.2) is 0 Å². The van der Waals surface area contributed by atoms with Crippen molar-refractivity contribution in [3.63, 3.8) is 0 Å². The third-order valence-electron chi connectivity index (χ3n) is 1.97. The van der Waals surface area contributed by atoms with Gasteiger partial charge in [-0.1, -0.05) is 31.9 Å². The van der Waals surface area contributed by atoms with E-state index in [1.807, 2.05) is 24.3 Å². The van der Waals surface area contributed by atoms with Crippen molar-refractivity contribution in [1.29, 1.82) is 5.26 Å². The first-order valence-electron chi connectivity index (χ1n) is 4.90. The van der Waals surface area contributed by atoms with Gasteiger partial charge in [-0.2, -0.15) is 5.26 Å². The Balaban J connectivity index is 2.74. The molecule has 0 saturated heterocycles. The Kier molecular flexibility index (Phi) is 4.43. The molecule has 0 radical (unpaired) electrons. The second kappa shape index (κ2) is 5.93. The Hall–Kier alpha value is -1.62. The molecule has 0 aromatic carbocycles. The largest absolute Gasteiger partial charge is 0.256 e. The maximum absolute atomic E-state index is 8.92. The zero-order valence-electron chi connectivity index (χ0n) is 8.40. The van der Waals surface area contributed by atoms with Gasteiger partial charge in [0.05, 0.1) is 11.3 Å². The van der Waals surface area contributed by atoms with E-state index < -0.39 is 0 Å². The third kappa shape index (κ3) is 3.02. The second-order valence-electron chi connectivity index (χ2n) is 3.09. The van der Waals surface area contributed by atoms with E-state index in [-0.39, 0.29) is 0 Å². The average molecular weight is 186 g/mol. The van der Waals surface area contributed by atoms with Crippen molar-refractivity contribution in [1.82, 2.24) is 4.98 Å². The average Bonchev–Trinajstić information content (AvgIpc) is 2.26. The van der Waals surface area contributed by atoms with Crippen molar-refractivity contribution in [2.24, 2.45) is 0 Å². The zero-order chi connectivity index (χ0) is 10.2. The summed E-state index contributed by atoms with van der Waals surface area (Å²) in [5.41, 5.74) is 1.45. The van der Waals surface area contributed by atoms with E-state index in [0.29, 0.717) is 5.57 Å². The molecular weight excluding hydrogens is 172 g/mol. The smallest absolute Gasteiger partial charge is 0.101 e. The van der Waals surface area contributed by atoms with Gasteiger partial charge in [0.2, 0.25) is 0 Å². The highest BCUT2D eigenvalue weighted by atomic mass is 14.7. The Morgan fingerprint density at radius 1 is 1.57 bits per heavy atom. The van der Waals surface area contributed by atoms with Crippen LogP contribution in [-0.4, -0.2) is 4.98 Å². The molecule has 0 aliphatic rings. The van der Waals surface area contributed by atoms with E-state index in [1.165, 1.54) is 0 Å². The van der Waals surface area contributed by atoms with Crippen molar-refractivity contribution in [3.05, 3.63) is 36.2 Å². The van der Waals surface area contributed by atoms with Crippen LogP contribution in [0.25, 0.3) is 5.57 Å². The minimum absolute atomic E-state index is 0.680. The normalized spacial score (nSPS) is 11.0. The van der Waals surface area contributed by atoms with Crippen molar-refractivity contribution in [3.8, 4) is 6.07 Å². The lowest BCUT2D eigenvalue weighted by Crippen LogP contribution is -1.85. The molecule has 14 heavy (non-hydrogen) atoms. The van der Waals surface area contributed by atoms with E-state index in [4.69, 9.17) is 5.26 Å². The number of nitriles is 1. The highest BCUT2D eigenvalue weighted by molar-refractivity contribution is 5.74. The summed E-state index contributed by atoms with van der Waals surface area (Å²) < 4.78 is 0. The minimum Gasteiger partial charge on any atom is -0.256 e. The van der Waals surface area contributed by atoms with Crippen LogP contribution in [0.4, 0.5) is 0 Å². The molecular formula is C12H14N2. The first kappa shape index (κ1) is 10.5. The number of unbranched alkanes of at least 4 members (excludes halogenated alkanes) is 2. The first-order valence-corrected chi connectivity index (χ1v) is 4.90. The summed E-state index contributed by atoms with van der Waals surface area (Å²) in [7, 11) is 0. The molecule has 0 atom stereocenters. The molecule has 0 saturated carbocycles. The van der Waals surface area contributed by atoms with Crippen molar-refractivity contribution in [2.45, 2.75) is 26.2 Å². The Morgan fingerprint density at radius 3 is 3.00 bits per heavy atom. The van der Waals surface area contributed by atoms with Crippen LogP contribution < -0.4 is 0 Å². The van der Waals surface area contributed by atoms with E-state index >= 15 is 0 Å². The number of aromatic nitrogens is 1. The lowest BCUT2D eigenvalue weighted by atomic mass is 10.1. The molecule has 0 amide bonds. The van der Waals surface area contributed by atoms with Gasteiger partial charge in [0.1, 0.15) is 6.07 Å². The zero-order valence-corrected chi connectivity index (χ0v) is 8.40. The summed E-state index contributed by atoms with van der Waals surface area (Å²) in [6, 6.07) is 7.79. The van der Waals surface area contributed by atoms with E-state index in [0.717, 1.165) is 25.0 Å². The summed E-state index contributed by atoms with van der Waals surface area (Å²) in [6.45, 7) is 2.14. The van der Waals surface area contributed by atoms with Crippen LogP contribution in [-0.2, 0) is 0 Å². The van der Waals surface area contributed by atoms with Gasteiger partial charge in [0.15, 0.2) is 0 Å². The lowest BCUT2D eigenvalue weighted by molar-refractivity contribution is 0.815. The summed E-state index contributed by atoms with van der Waals surface area (Å²) in [5, 5.41) is 8.92. The van der Waals surface area contributed by atoms with Crippen molar-refractivity contribution >= 4 is 5.57 Å².